The van der Waals surface area contributed by atoms with E-state index in [1.807, 2.05) is 0 Å². The SMILES string of the molecule is CN=C(N)NC[C@@H]1C[C@@H]([C@H](O)C[C@@H](CCc2cc(OC)c(O)cc2CO)OC(C)=O)CC[C@H]1C. The number of hydrogen-bond donors (Lipinski definition) is 5. The Labute approximate surface area is 202 Å². The average Bonchev–Trinajstić information content (AvgIpc) is 2.81. The Bertz CT molecular complexity index is 831. The van der Waals surface area contributed by atoms with E-state index in [9.17, 15) is 20.1 Å². The van der Waals surface area contributed by atoms with Crippen LogP contribution in [0.25, 0.3) is 0 Å². The van der Waals surface area contributed by atoms with Crippen LogP contribution in [-0.2, 0) is 22.6 Å². The maximum atomic E-state index is 11.7. The molecule has 0 radical (unpaired) electrons. The molecule has 9 heteroatoms. The number of ether oxygens (including phenoxy) is 2. The fourth-order valence-corrected chi connectivity index (χ4v) is 4.84. The molecule has 0 heterocycles. The Morgan fingerprint density at radius 2 is 2.06 bits per heavy atom. The first-order valence-corrected chi connectivity index (χ1v) is 12.0. The van der Waals surface area contributed by atoms with E-state index in [4.69, 9.17) is 15.2 Å². The molecule has 5 atom stereocenters. The molecule has 1 aromatic carbocycles. The Morgan fingerprint density at radius 3 is 2.68 bits per heavy atom. The highest BCUT2D eigenvalue weighted by Gasteiger charge is 2.33. The summed E-state index contributed by atoms with van der Waals surface area (Å²) in [7, 11) is 3.11. The van der Waals surface area contributed by atoms with Crippen LogP contribution >= 0.6 is 0 Å². The van der Waals surface area contributed by atoms with Crippen molar-refractivity contribution in [3.63, 3.8) is 0 Å². The molecular formula is C25H41N3O6. The van der Waals surface area contributed by atoms with Crippen LogP contribution in [0.5, 0.6) is 11.5 Å². The molecule has 0 unspecified atom stereocenters. The summed E-state index contributed by atoms with van der Waals surface area (Å²) in [5.41, 5.74) is 7.17. The third-order valence-corrected chi connectivity index (χ3v) is 6.98. The minimum atomic E-state index is -0.594. The van der Waals surface area contributed by atoms with Gasteiger partial charge in [0.25, 0.3) is 0 Å². The number of phenolic OH excluding ortho intramolecular Hbond substituents is 1. The highest BCUT2D eigenvalue weighted by Crippen LogP contribution is 2.37. The molecule has 2 rings (SSSR count). The van der Waals surface area contributed by atoms with E-state index >= 15 is 0 Å². The van der Waals surface area contributed by atoms with Gasteiger partial charge in [0.15, 0.2) is 17.5 Å². The van der Waals surface area contributed by atoms with Gasteiger partial charge in [-0.05, 0) is 66.7 Å². The zero-order valence-corrected chi connectivity index (χ0v) is 20.8. The number of methoxy groups -OCH3 is 1. The Kier molecular flexibility index (Phi) is 10.9. The number of aromatic hydroxyl groups is 1. The molecule has 1 fully saturated rings. The van der Waals surface area contributed by atoms with Crippen LogP contribution in [-0.4, -0.2) is 60.2 Å². The number of nitrogens with zero attached hydrogens (tertiary/aromatic N) is 1. The molecular weight excluding hydrogens is 438 g/mol. The van der Waals surface area contributed by atoms with Crippen molar-refractivity contribution in [2.24, 2.45) is 28.5 Å². The number of nitrogens with two attached hydrogens (primary N) is 1. The predicted molar refractivity (Wildman–Crippen MR) is 131 cm³/mol. The van der Waals surface area contributed by atoms with Crippen molar-refractivity contribution >= 4 is 11.9 Å². The molecule has 1 aliphatic rings. The summed E-state index contributed by atoms with van der Waals surface area (Å²) in [6.07, 6.45) is 3.08. The zero-order chi connectivity index (χ0) is 25.3. The van der Waals surface area contributed by atoms with Crippen molar-refractivity contribution in [2.75, 3.05) is 20.7 Å². The van der Waals surface area contributed by atoms with Crippen molar-refractivity contribution < 1.29 is 29.6 Å². The molecule has 0 bridgehead atoms. The first-order valence-electron chi connectivity index (χ1n) is 12.0. The van der Waals surface area contributed by atoms with E-state index in [1.54, 1.807) is 13.1 Å². The minimum absolute atomic E-state index is 0.0372. The summed E-state index contributed by atoms with van der Waals surface area (Å²) >= 11 is 0. The van der Waals surface area contributed by atoms with Crippen LogP contribution in [0.2, 0.25) is 0 Å². The third-order valence-electron chi connectivity index (χ3n) is 6.98. The van der Waals surface area contributed by atoms with Crippen LogP contribution in [0, 0.1) is 17.8 Å². The quantitative estimate of drug-likeness (QED) is 0.184. The number of aliphatic imine (C=N–C) groups is 1. The van der Waals surface area contributed by atoms with E-state index in [0.29, 0.717) is 54.9 Å². The van der Waals surface area contributed by atoms with Gasteiger partial charge >= 0.3 is 5.97 Å². The Morgan fingerprint density at radius 1 is 1.32 bits per heavy atom. The van der Waals surface area contributed by atoms with Crippen LogP contribution in [0.4, 0.5) is 0 Å². The fourth-order valence-electron chi connectivity index (χ4n) is 4.84. The zero-order valence-electron chi connectivity index (χ0n) is 20.8. The van der Waals surface area contributed by atoms with Gasteiger partial charge < -0.3 is 35.8 Å². The molecule has 0 amide bonds. The van der Waals surface area contributed by atoms with Crippen molar-refractivity contribution in [1.29, 1.82) is 0 Å². The number of hydrogen-bond acceptors (Lipinski definition) is 7. The van der Waals surface area contributed by atoms with Gasteiger partial charge in [0, 0.05) is 26.9 Å². The monoisotopic (exact) mass is 479 g/mol. The number of rotatable bonds is 11. The second-order valence-corrected chi connectivity index (χ2v) is 9.32. The van der Waals surface area contributed by atoms with Gasteiger partial charge in [-0.15, -0.1) is 0 Å². The van der Waals surface area contributed by atoms with E-state index in [-0.39, 0.29) is 18.3 Å². The lowest BCUT2D eigenvalue weighted by molar-refractivity contribution is -0.148. The number of carbonyl (C=O) groups is 1. The number of benzene rings is 1. The van der Waals surface area contributed by atoms with Crippen LogP contribution in [0.15, 0.2) is 17.1 Å². The van der Waals surface area contributed by atoms with Crippen LogP contribution in [0.3, 0.4) is 0 Å². The largest absolute Gasteiger partial charge is 0.504 e. The standard InChI is InChI=1S/C25H41N3O6/c1-15-5-6-18(9-19(15)13-28-25(26)27-3)22(31)12-21(34-16(2)30)8-7-17-11-24(33-4)23(32)10-20(17)14-29/h10-11,15,18-19,21-22,29,31-32H,5-9,12-14H2,1-4H3,(H3,26,27,28)/t15-,18+,19+,21-,22-/m1/s1. The molecule has 34 heavy (non-hydrogen) atoms. The highest BCUT2D eigenvalue weighted by atomic mass is 16.5. The normalized spacial score (nSPS) is 22.6. The molecule has 1 aromatic rings. The first-order chi connectivity index (χ1) is 16.2. The van der Waals surface area contributed by atoms with Crippen molar-refractivity contribution in [3.8, 4) is 11.5 Å². The van der Waals surface area contributed by atoms with E-state index in [2.05, 4.69) is 17.2 Å². The number of esters is 1. The second-order valence-electron chi connectivity index (χ2n) is 9.32. The number of nitrogens with one attached hydrogen (secondary N) is 1. The van der Waals surface area contributed by atoms with Gasteiger partial charge in [-0.3, -0.25) is 9.79 Å². The number of aryl methyl sites for hydroxylation is 1. The molecule has 6 N–H and O–H groups in total. The topological polar surface area (TPSA) is 147 Å². The molecule has 0 aromatic heterocycles. The number of aliphatic hydroxyl groups is 2. The van der Waals surface area contributed by atoms with E-state index in [0.717, 1.165) is 24.8 Å². The lowest BCUT2D eigenvalue weighted by atomic mass is 9.72. The summed E-state index contributed by atoms with van der Waals surface area (Å²) in [6, 6.07) is 3.17. The van der Waals surface area contributed by atoms with Gasteiger partial charge in [-0.1, -0.05) is 13.3 Å². The molecule has 0 aliphatic heterocycles. The van der Waals surface area contributed by atoms with Crippen molar-refractivity contribution in [3.05, 3.63) is 23.3 Å². The Balaban J connectivity index is 2.03. The molecule has 0 saturated heterocycles. The number of guanidine groups is 1. The lowest BCUT2D eigenvalue weighted by Crippen LogP contribution is -2.41. The smallest absolute Gasteiger partial charge is 0.302 e. The predicted octanol–water partition coefficient (Wildman–Crippen LogP) is 2.09. The average molecular weight is 480 g/mol. The van der Waals surface area contributed by atoms with E-state index in [1.165, 1.54) is 20.1 Å². The van der Waals surface area contributed by atoms with E-state index < -0.39 is 18.2 Å². The van der Waals surface area contributed by atoms with Gasteiger partial charge in [0.1, 0.15) is 6.10 Å². The summed E-state index contributed by atoms with van der Waals surface area (Å²) in [4.78, 5) is 15.7. The van der Waals surface area contributed by atoms with Gasteiger partial charge in [-0.2, -0.15) is 0 Å². The molecule has 1 aliphatic carbocycles. The maximum Gasteiger partial charge on any atom is 0.302 e. The Hall–Kier alpha value is -2.52. The summed E-state index contributed by atoms with van der Waals surface area (Å²) in [6.45, 7) is 4.08. The molecule has 9 nitrogen and oxygen atoms in total. The molecule has 192 valence electrons. The summed E-state index contributed by atoms with van der Waals surface area (Å²) < 4.78 is 10.7. The van der Waals surface area contributed by atoms with Gasteiger partial charge in [-0.25, -0.2) is 0 Å². The van der Waals surface area contributed by atoms with Gasteiger partial charge in [0.05, 0.1) is 19.8 Å². The van der Waals surface area contributed by atoms with Crippen LogP contribution < -0.4 is 15.8 Å². The minimum Gasteiger partial charge on any atom is -0.504 e. The van der Waals surface area contributed by atoms with Crippen LogP contribution in [0.1, 0.15) is 57.1 Å². The van der Waals surface area contributed by atoms with Gasteiger partial charge in [0.2, 0.25) is 0 Å². The molecule has 0 spiro atoms. The third kappa shape index (κ3) is 8.06. The van der Waals surface area contributed by atoms with Crippen molar-refractivity contribution in [1.82, 2.24) is 5.32 Å². The molecule has 1 saturated carbocycles. The lowest BCUT2D eigenvalue weighted by Gasteiger charge is -2.37. The maximum absolute atomic E-state index is 11.7. The fraction of sp³-hybridized carbons (Fsp3) is 0.680. The summed E-state index contributed by atoms with van der Waals surface area (Å²) in [5.74, 6) is 1.31. The number of aliphatic hydroxyl groups excluding tert-OH is 2. The number of carbonyl (C=O) groups excluding carboxylic acids is 1. The second kappa shape index (κ2) is 13.4. The number of phenols is 1. The first kappa shape index (κ1) is 27.7. The summed E-state index contributed by atoms with van der Waals surface area (Å²) in [5, 5.41) is 33.8. The van der Waals surface area contributed by atoms with Crippen molar-refractivity contribution in [2.45, 2.75) is 71.2 Å². The highest BCUT2D eigenvalue weighted by molar-refractivity contribution is 5.77.